The summed E-state index contributed by atoms with van der Waals surface area (Å²) in [5.74, 6) is 0.788. The Morgan fingerprint density at radius 2 is 0.767 bits per heavy atom. The van der Waals surface area contributed by atoms with Crippen molar-refractivity contribution < 1.29 is 0 Å². The third-order valence-electron chi connectivity index (χ3n) is 6.70. The van der Waals surface area contributed by atoms with Gasteiger partial charge in [0.05, 0.1) is 0 Å². The van der Waals surface area contributed by atoms with Crippen LogP contribution in [0.2, 0.25) is 0 Å². The van der Waals surface area contributed by atoms with Crippen LogP contribution in [0.4, 0.5) is 0 Å². The molecule has 0 saturated heterocycles. The molecule has 0 saturated carbocycles. The molecule has 0 amide bonds. The van der Waals surface area contributed by atoms with Gasteiger partial charge in [-0.05, 0) is 25.2 Å². The molecular formula is C30H60. The highest BCUT2D eigenvalue weighted by Crippen LogP contribution is 2.16. The van der Waals surface area contributed by atoms with Crippen molar-refractivity contribution in [3.8, 4) is 0 Å². The van der Waals surface area contributed by atoms with Crippen molar-refractivity contribution >= 4 is 0 Å². The van der Waals surface area contributed by atoms with E-state index >= 15 is 0 Å². The van der Waals surface area contributed by atoms with Gasteiger partial charge in [0.15, 0.2) is 0 Å². The summed E-state index contributed by atoms with van der Waals surface area (Å²) in [6.07, 6.45) is 39.5. The van der Waals surface area contributed by atoms with Crippen LogP contribution in [0.5, 0.6) is 0 Å². The highest BCUT2D eigenvalue weighted by molar-refractivity contribution is 4.86. The minimum Gasteiger partial charge on any atom is -0.0883 e. The first kappa shape index (κ1) is 29.7. The van der Waals surface area contributed by atoms with Crippen LogP contribution in [-0.4, -0.2) is 0 Å². The van der Waals surface area contributed by atoms with Gasteiger partial charge in [-0.2, -0.15) is 0 Å². The van der Waals surface area contributed by atoms with E-state index in [1.165, 1.54) is 154 Å². The third-order valence-corrected chi connectivity index (χ3v) is 6.70. The van der Waals surface area contributed by atoms with Gasteiger partial charge in [-0.15, -0.1) is 0 Å². The summed E-state index contributed by atoms with van der Waals surface area (Å²) in [4.78, 5) is 0. The molecule has 0 aromatic rings. The maximum Gasteiger partial charge on any atom is -0.0262 e. The van der Waals surface area contributed by atoms with Gasteiger partial charge in [-0.3, -0.25) is 0 Å². The fourth-order valence-corrected chi connectivity index (χ4v) is 4.48. The summed E-state index contributed by atoms with van der Waals surface area (Å²) in [6.45, 7) is 7.01. The Labute approximate surface area is 193 Å². The molecule has 0 aliphatic carbocycles. The zero-order valence-electron chi connectivity index (χ0n) is 21.7. The summed E-state index contributed by atoms with van der Waals surface area (Å²) in [5, 5.41) is 0. The predicted octanol–water partition coefficient (Wildman–Crippen LogP) is 11.6. The predicted molar refractivity (Wildman–Crippen MR) is 140 cm³/mol. The van der Waals surface area contributed by atoms with Crippen LogP contribution in [0.3, 0.4) is 0 Å². The first-order valence-corrected chi connectivity index (χ1v) is 14.5. The average molecular weight is 421 g/mol. The van der Waals surface area contributed by atoms with E-state index < -0.39 is 0 Å². The largest absolute Gasteiger partial charge is 0.0883 e. The molecule has 1 atom stereocenters. The molecule has 0 nitrogen and oxygen atoms in total. The van der Waals surface area contributed by atoms with Crippen LogP contribution < -0.4 is 0 Å². The van der Waals surface area contributed by atoms with E-state index in [4.69, 9.17) is 0 Å². The summed E-state index contributed by atoms with van der Waals surface area (Å²) in [5.41, 5.74) is 0. The SMILES string of the molecule is CCCCCCCCCCCCCC/C=C\C(C)CCCCCCCCCCCC. The molecule has 30 heavy (non-hydrogen) atoms. The molecule has 0 rings (SSSR count). The van der Waals surface area contributed by atoms with Crippen LogP contribution in [0.25, 0.3) is 0 Å². The zero-order valence-corrected chi connectivity index (χ0v) is 21.7. The summed E-state index contributed by atoms with van der Waals surface area (Å²) in [7, 11) is 0. The van der Waals surface area contributed by atoms with Crippen LogP contribution in [0, 0.1) is 5.92 Å². The van der Waals surface area contributed by atoms with Crippen molar-refractivity contribution in [2.75, 3.05) is 0 Å². The van der Waals surface area contributed by atoms with Crippen LogP contribution in [-0.2, 0) is 0 Å². The van der Waals surface area contributed by atoms with Gasteiger partial charge >= 0.3 is 0 Å². The molecule has 0 radical (unpaired) electrons. The first-order chi connectivity index (χ1) is 14.8. The van der Waals surface area contributed by atoms with Crippen LogP contribution in [0.15, 0.2) is 12.2 Å². The summed E-state index contributed by atoms with van der Waals surface area (Å²) in [6, 6.07) is 0. The Balaban J connectivity index is 3.21. The number of allylic oxidation sites excluding steroid dienone is 2. The van der Waals surface area contributed by atoms with Gasteiger partial charge in [0.2, 0.25) is 0 Å². The maximum atomic E-state index is 2.49. The molecule has 0 aliphatic rings. The Morgan fingerprint density at radius 1 is 0.433 bits per heavy atom. The van der Waals surface area contributed by atoms with E-state index in [-0.39, 0.29) is 0 Å². The lowest BCUT2D eigenvalue weighted by atomic mass is 10.00. The molecule has 0 spiro atoms. The quantitative estimate of drug-likeness (QED) is 0.102. The second-order valence-corrected chi connectivity index (χ2v) is 10.1. The van der Waals surface area contributed by atoms with Gasteiger partial charge in [-0.1, -0.05) is 168 Å². The number of unbranched alkanes of at least 4 members (excludes halogenated alkanes) is 21. The lowest BCUT2D eigenvalue weighted by Gasteiger charge is -2.06. The lowest BCUT2D eigenvalue weighted by molar-refractivity contribution is 0.525. The van der Waals surface area contributed by atoms with E-state index in [1.807, 2.05) is 0 Å². The van der Waals surface area contributed by atoms with Gasteiger partial charge in [0.1, 0.15) is 0 Å². The number of rotatable bonds is 25. The molecule has 0 N–H and O–H groups in total. The molecule has 0 heterocycles. The van der Waals surface area contributed by atoms with Crippen molar-refractivity contribution in [1.82, 2.24) is 0 Å². The van der Waals surface area contributed by atoms with E-state index in [0.717, 1.165) is 5.92 Å². The van der Waals surface area contributed by atoms with E-state index in [9.17, 15) is 0 Å². The van der Waals surface area contributed by atoms with Crippen molar-refractivity contribution in [3.63, 3.8) is 0 Å². The molecule has 0 heteroatoms. The standard InChI is InChI=1S/C30H60/c1-4-6-8-10-12-14-16-17-18-19-21-23-25-27-29-30(3)28-26-24-22-20-15-13-11-9-7-5-2/h27,29-30H,4-26,28H2,1-3H3/b29-27-. The fraction of sp³-hybridized carbons (Fsp3) is 0.933. The summed E-state index contributed by atoms with van der Waals surface area (Å²) >= 11 is 0. The van der Waals surface area contributed by atoms with Gasteiger partial charge < -0.3 is 0 Å². The van der Waals surface area contributed by atoms with Crippen molar-refractivity contribution in [1.29, 1.82) is 0 Å². The van der Waals surface area contributed by atoms with Crippen molar-refractivity contribution in [2.24, 2.45) is 5.92 Å². The maximum absolute atomic E-state index is 2.49. The van der Waals surface area contributed by atoms with Crippen molar-refractivity contribution in [2.45, 2.75) is 175 Å². The Hall–Kier alpha value is -0.260. The highest BCUT2D eigenvalue weighted by atomic mass is 14.0. The van der Waals surface area contributed by atoms with Gasteiger partial charge in [-0.25, -0.2) is 0 Å². The molecule has 1 unspecified atom stereocenters. The van der Waals surface area contributed by atoms with E-state index in [2.05, 4.69) is 32.9 Å². The normalized spacial score (nSPS) is 12.8. The second-order valence-electron chi connectivity index (χ2n) is 10.1. The van der Waals surface area contributed by atoms with Crippen LogP contribution >= 0.6 is 0 Å². The number of hydrogen-bond donors (Lipinski definition) is 0. The highest BCUT2D eigenvalue weighted by Gasteiger charge is 1.98. The Kier molecular flexibility index (Phi) is 26.5. The van der Waals surface area contributed by atoms with Gasteiger partial charge in [0.25, 0.3) is 0 Å². The van der Waals surface area contributed by atoms with Crippen molar-refractivity contribution in [3.05, 3.63) is 12.2 Å². The zero-order chi connectivity index (χ0) is 22.0. The topological polar surface area (TPSA) is 0 Å². The average Bonchev–Trinajstić information content (AvgIpc) is 2.75. The molecule has 0 aromatic carbocycles. The monoisotopic (exact) mass is 420 g/mol. The molecular weight excluding hydrogens is 360 g/mol. The third kappa shape index (κ3) is 25.8. The lowest BCUT2D eigenvalue weighted by Crippen LogP contribution is -1.90. The molecule has 0 aromatic heterocycles. The first-order valence-electron chi connectivity index (χ1n) is 14.5. The van der Waals surface area contributed by atoms with Gasteiger partial charge in [0, 0.05) is 0 Å². The van der Waals surface area contributed by atoms with Crippen LogP contribution in [0.1, 0.15) is 175 Å². The minimum atomic E-state index is 0.788. The molecule has 0 bridgehead atoms. The summed E-state index contributed by atoms with van der Waals surface area (Å²) < 4.78 is 0. The molecule has 0 fully saturated rings. The van der Waals surface area contributed by atoms with E-state index in [0.29, 0.717) is 0 Å². The second kappa shape index (κ2) is 26.8. The molecule has 180 valence electrons. The Bertz CT molecular complexity index is 316. The number of hydrogen-bond acceptors (Lipinski definition) is 0. The Morgan fingerprint density at radius 3 is 1.17 bits per heavy atom. The van der Waals surface area contributed by atoms with E-state index in [1.54, 1.807) is 0 Å². The minimum absolute atomic E-state index is 0.788. The fourth-order valence-electron chi connectivity index (χ4n) is 4.48. The smallest absolute Gasteiger partial charge is 0.0262 e. The molecule has 0 aliphatic heterocycles.